The second kappa shape index (κ2) is 8.04. The van der Waals surface area contributed by atoms with Crippen molar-refractivity contribution in [1.82, 2.24) is 9.88 Å². The first-order chi connectivity index (χ1) is 12.0. The largest absolute Gasteiger partial charge is 0.354 e. The van der Waals surface area contributed by atoms with Gasteiger partial charge in [-0.2, -0.15) is 0 Å². The number of nitrogens with one attached hydrogen (secondary N) is 1. The highest BCUT2D eigenvalue weighted by atomic mass is 35.5. The fourth-order valence-corrected chi connectivity index (χ4v) is 3.44. The molecule has 1 saturated heterocycles. The predicted molar refractivity (Wildman–Crippen MR) is 103 cm³/mol. The lowest BCUT2D eigenvalue weighted by Gasteiger charge is -2.37. The molecule has 5 nitrogen and oxygen atoms in total. The molecule has 1 aliphatic rings. The summed E-state index contributed by atoms with van der Waals surface area (Å²) in [5.74, 6) is 0.914. The molecular formula is C18H20Cl2N4O. The molecule has 1 aromatic carbocycles. The Morgan fingerprint density at radius 3 is 2.40 bits per heavy atom. The molecule has 0 unspecified atom stereocenters. The summed E-state index contributed by atoms with van der Waals surface area (Å²) in [7, 11) is 0. The molecule has 3 rings (SSSR count). The van der Waals surface area contributed by atoms with E-state index in [-0.39, 0.29) is 11.9 Å². The molecule has 25 heavy (non-hydrogen) atoms. The zero-order chi connectivity index (χ0) is 17.8. The van der Waals surface area contributed by atoms with Crippen molar-refractivity contribution in [1.29, 1.82) is 0 Å². The number of hydrogen-bond acceptors (Lipinski definition) is 4. The number of benzene rings is 1. The van der Waals surface area contributed by atoms with E-state index >= 15 is 0 Å². The number of aromatic nitrogens is 1. The van der Waals surface area contributed by atoms with Crippen LogP contribution in [0.5, 0.6) is 0 Å². The zero-order valence-corrected chi connectivity index (χ0v) is 15.5. The molecular weight excluding hydrogens is 359 g/mol. The van der Waals surface area contributed by atoms with Crippen LogP contribution in [0.3, 0.4) is 0 Å². The molecule has 2 aromatic rings. The van der Waals surface area contributed by atoms with Gasteiger partial charge >= 0.3 is 0 Å². The van der Waals surface area contributed by atoms with E-state index in [1.807, 2.05) is 25.1 Å². The zero-order valence-electron chi connectivity index (χ0n) is 14.0. The Hall–Kier alpha value is -1.82. The Morgan fingerprint density at radius 2 is 1.80 bits per heavy atom. The lowest BCUT2D eigenvalue weighted by molar-refractivity contribution is -0.120. The minimum absolute atomic E-state index is 0.0652. The Balaban J connectivity index is 1.56. The number of hydrogen-bond donors (Lipinski definition) is 1. The predicted octanol–water partition coefficient (Wildman–Crippen LogP) is 3.54. The van der Waals surface area contributed by atoms with Gasteiger partial charge in [0.2, 0.25) is 5.91 Å². The lowest BCUT2D eigenvalue weighted by Crippen LogP contribution is -2.53. The van der Waals surface area contributed by atoms with Crippen LogP contribution in [-0.2, 0) is 4.79 Å². The van der Waals surface area contributed by atoms with E-state index in [2.05, 4.69) is 20.1 Å². The van der Waals surface area contributed by atoms with Crippen LogP contribution in [0.25, 0.3) is 0 Å². The first-order valence-corrected chi connectivity index (χ1v) is 8.95. The third-order valence-electron chi connectivity index (χ3n) is 4.34. The number of amides is 1. The number of pyridine rings is 1. The van der Waals surface area contributed by atoms with Crippen molar-refractivity contribution in [3.8, 4) is 0 Å². The molecule has 7 heteroatoms. The van der Waals surface area contributed by atoms with Gasteiger partial charge in [0.1, 0.15) is 5.82 Å². The van der Waals surface area contributed by atoms with Gasteiger partial charge < -0.3 is 10.2 Å². The van der Waals surface area contributed by atoms with Gasteiger partial charge in [0.25, 0.3) is 0 Å². The smallest absolute Gasteiger partial charge is 0.241 e. The standard InChI is InChI=1S/C18H20Cl2N4O/c1-13(18(25)22-16-11-14(19)10-15(20)12-16)23-6-8-24(9-7-23)17-4-2-3-5-21-17/h2-5,10-13H,6-9H2,1H3,(H,22,25)/t13-/m1/s1. The van der Waals surface area contributed by atoms with Crippen molar-refractivity contribution in [2.45, 2.75) is 13.0 Å². The molecule has 1 fully saturated rings. The van der Waals surface area contributed by atoms with Crippen LogP contribution < -0.4 is 10.2 Å². The summed E-state index contributed by atoms with van der Waals surface area (Å²) in [5, 5.41) is 3.89. The highest BCUT2D eigenvalue weighted by Crippen LogP contribution is 2.23. The van der Waals surface area contributed by atoms with Gasteiger partial charge in [-0.05, 0) is 37.3 Å². The van der Waals surface area contributed by atoms with Gasteiger partial charge in [-0.3, -0.25) is 9.69 Å². The van der Waals surface area contributed by atoms with E-state index in [1.165, 1.54) is 0 Å². The molecule has 1 aliphatic heterocycles. The van der Waals surface area contributed by atoms with Gasteiger partial charge in [0.05, 0.1) is 6.04 Å². The number of rotatable bonds is 4. The van der Waals surface area contributed by atoms with Crippen LogP contribution in [0.15, 0.2) is 42.6 Å². The molecule has 2 heterocycles. The molecule has 1 atom stereocenters. The van der Waals surface area contributed by atoms with Crippen LogP contribution in [0.4, 0.5) is 11.5 Å². The van der Waals surface area contributed by atoms with E-state index < -0.39 is 0 Å². The fourth-order valence-electron chi connectivity index (χ4n) is 2.92. The quantitative estimate of drug-likeness (QED) is 0.883. The van der Waals surface area contributed by atoms with Crippen molar-refractivity contribution in [3.05, 3.63) is 52.6 Å². The van der Waals surface area contributed by atoms with Crippen LogP contribution in [0.2, 0.25) is 10.0 Å². The second-order valence-corrected chi connectivity index (χ2v) is 6.91. The summed E-state index contributed by atoms with van der Waals surface area (Å²) in [6, 6.07) is 10.7. The van der Waals surface area contributed by atoms with Gasteiger partial charge in [-0.15, -0.1) is 0 Å². The third-order valence-corrected chi connectivity index (χ3v) is 4.78. The number of piperazine rings is 1. The maximum absolute atomic E-state index is 12.5. The maximum atomic E-state index is 12.5. The molecule has 0 saturated carbocycles. The Kier molecular flexibility index (Phi) is 5.78. The summed E-state index contributed by atoms with van der Waals surface area (Å²) in [4.78, 5) is 21.3. The van der Waals surface area contributed by atoms with E-state index in [1.54, 1.807) is 24.4 Å². The molecule has 132 valence electrons. The van der Waals surface area contributed by atoms with Crippen molar-refractivity contribution < 1.29 is 4.79 Å². The van der Waals surface area contributed by atoms with Gasteiger partial charge in [-0.1, -0.05) is 29.3 Å². The van der Waals surface area contributed by atoms with Gasteiger partial charge in [-0.25, -0.2) is 4.98 Å². The summed E-state index contributed by atoms with van der Waals surface area (Å²) in [5.41, 5.74) is 0.612. The van der Waals surface area contributed by atoms with Gasteiger partial charge in [0, 0.05) is 48.1 Å². The molecule has 0 radical (unpaired) electrons. The number of carbonyl (C=O) groups excluding carboxylic acids is 1. The van der Waals surface area contributed by atoms with Crippen molar-refractivity contribution in [2.75, 3.05) is 36.4 Å². The van der Waals surface area contributed by atoms with Crippen LogP contribution in [-0.4, -0.2) is 48.0 Å². The minimum atomic E-state index is -0.233. The first-order valence-electron chi connectivity index (χ1n) is 8.20. The number of halogens is 2. The molecule has 0 bridgehead atoms. The molecule has 1 aromatic heterocycles. The number of nitrogens with zero attached hydrogens (tertiary/aromatic N) is 3. The number of anilines is 2. The van der Waals surface area contributed by atoms with Crippen molar-refractivity contribution in [3.63, 3.8) is 0 Å². The first kappa shape index (κ1) is 18.0. The summed E-state index contributed by atoms with van der Waals surface area (Å²) in [6.07, 6.45) is 1.80. The lowest BCUT2D eigenvalue weighted by atomic mass is 10.2. The van der Waals surface area contributed by atoms with E-state index in [9.17, 15) is 4.79 Å². The molecule has 1 N–H and O–H groups in total. The van der Waals surface area contributed by atoms with E-state index in [0.717, 1.165) is 32.0 Å². The highest BCUT2D eigenvalue weighted by Gasteiger charge is 2.26. The Labute approximate surface area is 157 Å². The molecule has 0 aliphatic carbocycles. The molecule has 0 spiro atoms. The third kappa shape index (κ3) is 4.63. The average molecular weight is 379 g/mol. The topological polar surface area (TPSA) is 48.5 Å². The molecule has 1 amide bonds. The van der Waals surface area contributed by atoms with Gasteiger partial charge in [0.15, 0.2) is 0 Å². The maximum Gasteiger partial charge on any atom is 0.241 e. The Bertz CT molecular complexity index is 713. The summed E-state index contributed by atoms with van der Waals surface area (Å²) >= 11 is 12.0. The van der Waals surface area contributed by atoms with Crippen molar-refractivity contribution >= 4 is 40.6 Å². The van der Waals surface area contributed by atoms with Crippen molar-refractivity contribution in [2.24, 2.45) is 0 Å². The summed E-state index contributed by atoms with van der Waals surface area (Å²) in [6.45, 7) is 5.22. The minimum Gasteiger partial charge on any atom is -0.354 e. The monoisotopic (exact) mass is 378 g/mol. The summed E-state index contributed by atoms with van der Waals surface area (Å²) < 4.78 is 0. The Morgan fingerprint density at radius 1 is 1.12 bits per heavy atom. The van der Waals surface area contributed by atoms with E-state index in [0.29, 0.717) is 15.7 Å². The van der Waals surface area contributed by atoms with Crippen LogP contribution in [0.1, 0.15) is 6.92 Å². The average Bonchev–Trinajstić information content (AvgIpc) is 2.61. The second-order valence-electron chi connectivity index (χ2n) is 6.03. The normalized spacial score (nSPS) is 16.5. The highest BCUT2D eigenvalue weighted by molar-refractivity contribution is 6.35. The van der Waals surface area contributed by atoms with Crippen LogP contribution >= 0.6 is 23.2 Å². The van der Waals surface area contributed by atoms with Crippen LogP contribution in [0, 0.1) is 0 Å². The number of carbonyl (C=O) groups is 1. The fraction of sp³-hybridized carbons (Fsp3) is 0.333. The SMILES string of the molecule is C[C@H](C(=O)Nc1cc(Cl)cc(Cl)c1)N1CCN(c2ccccn2)CC1. The van der Waals surface area contributed by atoms with E-state index in [4.69, 9.17) is 23.2 Å².